The summed E-state index contributed by atoms with van der Waals surface area (Å²) in [6, 6.07) is 0. The Kier molecular flexibility index (Phi) is 9.77. The van der Waals surface area contributed by atoms with Gasteiger partial charge in [0.2, 0.25) is 0 Å². The van der Waals surface area contributed by atoms with Crippen LogP contribution in [0.4, 0.5) is 0 Å². The molecule has 1 saturated heterocycles. The molecule has 0 radical (unpaired) electrons. The molecule has 0 saturated carbocycles. The summed E-state index contributed by atoms with van der Waals surface area (Å²) in [7, 11) is 0. The standard InChI is InChI=1S/C4H10N2.C4H10O/c1-2-6-4-3-5-1;1-3-5-4-2/h5-6H,1-4H2;3-4H2,1-2H3. The molecule has 0 spiro atoms. The van der Waals surface area contributed by atoms with Crippen LogP contribution in [0.5, 0.6) is 0 Å². The molecular weight excluding hydrogens is 140 g/mol. The van der Waals surface area contributed by atoms with E-state index in [9.17, 15) is 0 Å². The summed E-state index contributed by atoms with van der Waals surface area (Å²) in [5.74, 6) is 0. The van der Waals surface area contributed by atoms with Crippen LogP contribution in [0, 0.1) is 0 Å². The van der Waals surface area contributed by atoms with Crippen LogP contribution >= 0.6 is 0 Å². The van der Waals surface area contributed by atoms with Crippen molar-refractivity contribution < 1.29 is 4.74 Å². The van der Waals surface area contributed by atoms with Gasteiger partial charge in [-0.15, -0.1) is 0 Å². The molecule has 0 aromatic heterocycles. The third-order valence-corrected chi connectivity index (χ3v) is 1.37. The van der Waals surface area contributed by atoms with E-state index < -0.39 is 0 Å². The van der Waals surface area contributed by atoms with E-state index in [4.69, 9.17) is 4.74 Å². The molecule has 0 atom stereocenters. The molecule has 1 aliphatic heterocycles. The molecule has 3 nitrogen and oxygen atoms in total. The number of hydrogen-bond acceptors (Lipinski definition) is 3. The predicted molar refractivity (Wildman–Crippen MR) is 47.9 cm³/mol. The zero-order valence-electron chi connectivity index (χ0n) is 7.65. The normalized spacial score (nSPS) is 16.9. The summed E-state index contributed by atoms with van der Waals surface area (Å²) < 4.78 is 4.83. The average molecular weight is 160 g/mol. The maximum atomic E-state index is 4.83. The van der Waals surface area contributed by atoms with Crippen molar-refractivity contribution in [3.63, 3.8) is 0 Å². The highest BCUT2D eigenvalue weighted by atomic mass is 16.5. The van der Waals surface area contributed by atoms with Crippen molar-refractivity contribution in [2.75, 3.05) is 39.4 Å². The maximum Gasteiger partial charge on any atom is 0.0437 e. The number of rotatable bonds is 2. The van der Waals surface area contributed by atoms with Crippen LogP contribution in [-0.2, 0) is 4.74 Å². The smallest absolute Gasteiger partial charge is 0.0437 e. The molecule has 1 fully saturated rings. The quantitative estimate of drug-likeness (QED) is 0.606. The van der Waals surface area contributed by atoms with Gasteiger partial charge in [0.15, 0.2) is 0 Å². The first kappa shape index (κ1) is 10.9. The zero-order chi connectivity index (χ0) is 8.36. The first-order chi connectivity index (χ1) is 5.41. The second-order valence-corrected chi connectivity index (χ2v) is 2.28. The Morgan fingerprint density at radius 1 is 0.909 bits per heavy atom. The second kappa shape index (κ2) is 9.88. The fourth-order valence-electron chi connectivity index (χ4n) is 0.808. The second-order valence-electron chi connectivity index (χ2n) is 2.28. The Balaban J connectivity index is 0.000000187. The van der Waals surface area contributed by atoms with Gasteiger partial charge in [-0.1, -0.05) is 0 Å². The monoisotopic (exact) mass is 160 g/mol. The number of nitrogens with one attached hydrogen (secondary N) is 2. The summed E-state index contributed by atoms with van der Waals surface area (Å²) in [6.07, 6.45) is 0. The highest BCUT2D eigenvalue weighted by Gasteiger charge is 1.91. The van der Waals surface area contributed by atoms with Gasteiger partial charge in [0.1, 0.15) is 0 Å². The third-order valence-electron chi connectivity index (χ3n) is 1.37. The van der Waals surface area contributed by atoms with E-state index in [0.29, 0.717) is 0 Å². The SMILES string of the molecule is C1CNCCN1.CCOCC. The lowest BCUT2D eigenvalue weighted by molar-refractivity contribution is 0.162. The Labute approximate surface area is 69.5 Å². The number of piperazine rings is 1. The van der Waals surface area contributed by atoms with Gasteiger partial charge in [-0.2, -0.15) is 0 Å². The number of hydrogen-bond donors (Lipinski definition) is 2. The molecule has 0 aromatic carbocycles. The Morgan fingerprint density at radius 3 is 1.36 bits per heavy atom. The van der Waals surface area contributed by atoms with Gasteiger partial charge in [-0.25, -0.2) is 0 Å². The first-order valence-electron chi connectivity index (χ1n) is 4.41. The molecule has 1 aliphatic rings. The van der Waals surface area contributed by atoms with E-state index in [2.05, 4.69) is 10.6 Å². The lowest BCUT2D eigenvalue weighted by Crippen LogP contribution is -2.39. The summed E-state index contributed by atoms with van der Waals surface area (Å²) in [5.41, 5.74) is 0. The molecule has 0 bridgehead atoms. The van der Waals surface area contributed by atoms with Crippen molar-refractivity contribution >= 4 is 0 Å². The molecule has 2 N–H and O–H groups in total. The topological polar surface area (TPSA) is 33.3 Å². The van der Waals surface area contributed by atoms with Crippen LogP contribution in [0.25, 0.3) is 0 Å². The Bertz CT molecular complexity index is 51.6. The minimum absolute atomic E-state index is 0.844. The van der Waals surface area contributed by atoms with Gasteiger partial charge in [-0.05, 0) is 13.8 Å². The fraction of sp³-hybridized carbons (Fsp3) is 1.00. The van der Waals surface area contributed by atoms with E-state index in [1.165, 1.54) is 0 Å². The molecule has 0 aliphatic carbocycles. The van der Waals surface area contributed by atoms with Gasteiger partial charge in [0, 0.05) is 39.4 Å². The average Bonchev–Trinajstić information content (AvgIpc) is 2.10. The first-order valence-corrected chi connectivity index (χ1v) is 4.41. The van der Waals surface area contributed by atoms with Crippen molar-refractivity contribution in [2.24, 2.45) is 0 Å². The minimum atomic E-state index is 0.844. The molecule has 68 valence electrons. The predicted octanol–water partition coefficient (Wildman–Crippen LogP) is 0.222. The lowest BCUT2D eigenvalue weighted by atomic mass is 10.4. The van der Waals surface area contributed by atoms with Crippen LogP contribution < -0.4 is 10.6 Å². The van der Waals surface area contributed by atoms with Crippen molar-refractivity contribution in [3.05, 3.63) is 0 Å². The Morgan fingerprint density at radius 2 is 1.27 bits per heavy atom. The van der Waals surface area contributed by atoms with Crippen molar-refractivity contribution in [1.29, 1.82) is 0 Å². The minimum Gasteiger partial charge on any atom is -0.382 e. The molecule has 3 heteroatoms. The van der Waals surface area contributed by atoms with Gasteiger partial charge in [0.25, 0.3) is 0 Å². The summed E-state index contributed by atoms with van der Waals surface area (Å²) in [5, 5.41) is 6.44. The lowest BCUT2D eigenvalue weighted by Gasteiger charge is -2.11. The van der Waals surface area contributed by atoms with E-state index in [1.807, 2.05) is 13.8 Å². The molecule has 0 amide bonds. The van der Waals surface area contributed by atoms with E-state index in [0.717, 1.165) is 39.4 Å². The molecule has 1 rings (SSSR count). The molecule has 0 unspecified atom stereocenters. The van der Waals surface area contributed by atoms with Crippen LogP contribution in [0.3, 0.4) is 0 Å². The molecular formula is C8H20N2O. The van der Waals surface area contributed by atoms with Gasteiger partial charge >= 0.3 is 0 Å². The maximum absolute atomic E-state index is 4.83. The molecule has 11 heavy (non-hydrogen) atoms. The van der Waals surface area contributed by atoms with Crippen LogP contribution in [0.1, 0.15) is 13.8 Å². The van der Waals surface area contributed by atoms with E-state index in [1.54, 1.807) is 0 Å². The van der Waals surface area contributed by atoms with Crippen LogP contribution in [0.2, 0.25) is 0 Å². The van der Waals surface area contributed by atoms with E-state index in [-0.39, 0.29) is 0 Å². The fourth-order valence-corrected chi connectivity index (χ4v) is 0.808. The molecule has 0 aromatic rings. The van der Waals surface area contributed by atoms with Crippen molar-refractivity contribution in [2.45, 2.75) is 13.8 Å². The third kappa shape index (κ3) is 9.88. The zero-order valence-corrected chi connectivity index (χ0v) is 7.65. The van der Waals surface area contributed by atoms with Gasteiger partial charge in [0.05, 0.1) is 0 Å². The van der Waals surface area contributed by atoms with Crippen molar-refractivity contribution in [1.82, 2.24) is 10.6 Å². The molecule has 1 heterocycles. The Hall–Kier alpha value is -0.120. The summed E-state index contributed by atoms with van der Waals surface area (Å²) in [4.78, 5) is 0. The van der Waals surface area contributed by atoms with Gasteiger partial charge < -0.3 is 15.4 Å². The summed E-state index contributed by atoms with van der Waals surface area (Å²) in [6.45, 7) is 10.2. The highest BCUT2D eigenvalue weighted by Crippen LogP contribution is 1.65. The van der Waals surface area contributed by atoms with Crippen molar-refractivity contribution in [3.8, 4) is 0 Å². The summed E-state index contributed by atoms with van der Waals surface area (Å²) >= 11 is 0. The van der Waals surface area contributed by atoms with E-state index >= 15 is 0 Å². The van der Waals surface area contributed by atoms with Crippen LogP contribution in [-0.4, -0.2) is 39.4 Å². The number of ether oxygens (including phenoxy) is 1. The van der Waals surface area contributed by atoms with Crippen LogP contribution in [0.15, 0.2) is 0 Å². The largest absolute Gasteiger partial charge is 0.382 e. The van der Waals surface area contributed by atoms with Gasteiger partial charge in [-0.3, -0.25) is 0 Å². The highest BCUT2D eigenvalue weighted by molar-refractivity contribution is 4.59.